The van der Waals surface area contributed by atoms with Gasteiger partial charge in [0.25, 0.3) is 0 Å². The summed E-state index contributed by atoms with van der Waals surface area (Å²) >= 11 is 0. The Morgan fingerprint density at radius 3 is 1.21 bits per heavy atom. The van der Waals surface area contributed by atoms with E-state index < -0.39 is 12.1 Å². The Bertz CT molecular complexity index is 273. The lowest BCUT2D eigenvalue weighted by atomic mass is 10.0. The van der Waals surface area contributed by atoms with Gasteiger partial charge >= 0.3 is 5.97 Å². The van der Waals surface area contributed by atoms with Crippen molar-refractivity contribution < 1.29 is 20.1 Å². The smallest absolute Gasteiger partial charge is 0.303 e. The predicted octanol–water partition coefficient (Wildman–Crippen LogP) is 5.53. The van der Waals surface area contributed by atoms with Crippen LogP contribution < -0.4 is 5.32 Å². The molecule has 0 aliphatic heterocycles. The van der Waals surface area contributed by atoms with E-state index in [0.29, 0.717) is 6.42 Å². The molecule has 0 heterocycles. The molecular weight excluding hydrogens is 354 g/mol. The van der Waals surface area contributed by atoms with Crippen LogP contribution in [0, 0.1) is 0 Å². The highest BCUT2D eigenvalue weighted by Gasteiger charge is 1.97. The van der Waals surface area contributed by atoms with Crippen molar-refractivity contribution in [2.45, 2.75) is 123 Å². The van der Waals surface area contributed by atoms with Crippen LogP contribution in [-0.4, -0.2) is 48.1 Å². The predicted molar refractivity (Wildman–Crippen MR) is 121 cm³/mol. The number of aliphatic hydroxyl groups is 2. The van der Waals surface area contributed by atoms with E-state index in [4.69, 9.17) is 15.3 Å². The van der Waals surface area contributed by atoms with E-state index in [1.807, 2.05) is 14.1 Å². The second-order valence-electron chi connectivity index (χ2n) is 7.63. The highest BCUT2D eigenvalue weighted by Crippen LogP contribution is 2.13. The monoisotopic (exact) mass is 405 g/mol. The molecule has 0 amide bonds. The third-order valence-electron chi connectivity index (χ3n) is 4.26. The molecule has 0 radical (unpaired) electrons. The maximum absolute atomic E-state index is 10.3. The van der Waals surface area contributed by atoms with Crippen molar-refractivity contribution in [1.82, 2.24) is 5.32 Å². The van der Waals surface area contributed by atoms with Crippen LogP contribution in [0.25, 0.3) is 0 Å². The Kier molecular flexibility index (Phi) is 35.5. The highest BCUT2D eigenvalue weighted by molar-refractivity contribution is 5.66. The third kappa shape index (κ3) is 44.6. The maximum Gasteiger partial charge on any atom is 0.303 e. The van der Waals surface area contributed by atoms with Gasteiger partial charge in [-0.15, -0.1) is 0 Å². The molecule has 0 bridgehead atoms. The highest BCUT2D eigenvalue weighted by atomic mass is 16.4. The molecule has 5 heteroatoms. The van der Waals surface area contributed by atoms with E-state index in [9.17, 15) is 4.79 Å². The van der Waals surface area contributed by atoms with E-state index in [1.165, 1.54) is 90.4 Å². The molecule has 0 saturated heterocycles. The summed E-state index contributed by atoms with van der Waals surface area (Å²) in [5.41, 5.74) is 0. The minimum absolute atomic E-state index is 0.139. The van der Waals surface area contributed by atoms with Gasteiger partial charge in [0.2, 0.25) is 0 Å². The Balaban J connectivity index is -0.000000657. The van der Waals surface area contributed by atoms with Gasteiger partial charge in [0, 0.05) is 6.42 Å². The van der Waals surface area contributed by atoms with Crippen molar-refractivity contribution in [2.75, 3.05) is 20.7 Å². The lowest BCUT2D eigenvalue weighted by molar-refractivity contribution is -0.137. The number of aliphatic carboxylic acids is 1. The molecule has 4 N–H and O–H groups in total. The molecule has 5 nitrogen and oxygen atoms in total. The fourth-order valence-corrected chi connectivity index (χ4v) is 2.65. The van der Waals surface area contributed by atoms with Crippen LogP contribution in [0.4, 0.5) is 0 Å². The molecule has 0 aromatic heterocycles. The largest absolute Gasteiger partial charge is 0.481 e. The summed E-state index contributed by atoms with van der Waals surface area (Å²) in [5.74, 6) is -0.653. The van der Waals surface area contributed by atoms with Gasteiger partial charge in [-0.2, -0.15) is 0 Å². The summed E-state index contributed by atoms with van der Waals surface area (Å²) in [6.07, 6.45) is 19.6. The van der Waals surface area contributed by atoms with Crippen LogP contribution in [0.15, 0.2) is 0 Å². The van der Waals surface area contributed by atoms with Crippen molar-refractivity contribution in [3.05, 3.63) is 0 Å². The van der Waals surface area contributed by atoms with Gasteiger partial charge < -0.3 is 20.6 Å². The molecule has 0 aliphatic carbocycles. The van der Waals surface area contributed by atoms with Crippen LogP contribution in [0.5, 0.6) is 0 Å². The molecular formula is C23H51NO4. The number of carbonyl (C=O) groups is 1. The molecule has 0 spiro atoms. The lowest BCUT2D eigenvalue weighted by Crippen LogP contribution is -2.03. The first-order chi connectivity index (χ1) is 13.5. The number of hydrogen-bond donors (Lipinski definition) is 4. The van der Waals surface area contributed by atoms with Crippen LogP contribution in [0.3, 0.4) is 0 Å². The second-order valence-corrected chi connectivity index (χ2v) is 7.63. The molecule has 0 saturated carbocycles. The second kappa shape index (κ2) is 31.1. The minimum atomic E-state index is -0.653. The summed E-state index contributed by atoms with van der Waals surface area (Å²) in [7, 11) is 3.75. The minimum Gasteiger partial charge on any atom is -0.481 e. The number of nitrogens with one attached hydrogen (secondary N) is 1. The Morgan fingerprint density at radius 1 is 0.750 bits per heavy atom. The topological polar surface area (TPSA) is 89.8 Å². The maximum atomic E-state index is 10.3. The van der Waals surface area contributed by atoms with E-state index in [2.05, 4.69) is 12.2 Å². The lowest BCUT2D eigenvalue weighted by Gasteiger charge is -2.03. The zero-order valence-electron chi connectivity index (χ0n) is 19.3. The number of rotatable bonds is 17. The fraction of sp³-hybridized carbons (Fsp3) is 0.957. The Hall–Kier alpha value is -0.650. The number of aliphatic hydroxyl groups excluding tert-OH is 2. The number of hydrogen-bond acceptors (Lipinski definition) is 4. The first kappa shape index (κ1) is 32.0. The van der Waals surface area contributed by atoms with E-state index >= 15 is 0 Å². The average molecular weight is 406 g/mol. The van der Waals surface area contributed by atoms with Crippen LogP contribution in [0.2, 0.25) is 0 Å². The van der Waals surface area contributed by atoms with Crippen LogP contribution in [-0.2, 0) is 4.79 Å². The summed E-state index contributed by atoms with van der Waals surface area (Å²) in [5, 5.41) is 27.3. The Morgan fingerprint density at radius 2 is 1.00 bits per heavy atom. The van der Waals surface area contributed by atoms with Crippen molar-refractivity contribution in [3.63, 3.8) is 0 Å². The van der Waals surface area contributed by atoms with Gasteiger partial charge in [-0.25, -0.2) is 0 Å². The van der Waals surface area contributed by atoms with E-state index in [0.717, 1.165) is 12.8 Å². The normalized spacial score (nSPS) is 11.1. The third-order valence-corrected chi connectivity index (χ3v) is 4.26. The standard InChI is InChI=1S/C18H36O2.C3H8O2.C2H7N/c1-2-3-4-5-6-7-8-9-10-11-12-13-14-15-16-17-18(19)20;1-3(5)2-4;1-3-2/h2-17H2,1H3,(H,19,20);3-5H,2H2,1H3;3H,1-2H3. The first-order valence-electron chi connectivity index (χ1n) is 11.5. The van der Waals surface area contributed by atoms with Crippen molar-refractivity contribution in [2.24, 2.45) is 0 Å². The molecule has 0 aromatic rings. The molecule has 0 fully saturated rings. The summed E-state index contributed by atoms with van der Waals surface area (Å²) in [6.45, 7) is 3.66. The quantitative estimate of drug-likeness (QED) is 0.239. The molecule has 1 unspecified atom stereocenters. The molecule has 172 valence electrons. The van der Waals surface area contributed by atoms with Gasteiger partial charge in [-0.1, -0.05) is 96.8 Å². The van der Waals surface area contributed by atoms with Crippen molar-refractivity contribution >= 4 is 5.97 Å². The van der Waals surface area contributed by atoms with Crippen LogP contribution in [0.1, 0.15) is 117 Å². The molecule has 1 atom stereocenters. The average Bonchev–Trinajstić information content (AvgIpc) is 2.65. The van der Waals surface area contributed by atoms with Gasteiger partial charge in [0.1, 0.15) is 0 Å². The van der Waals surface area contributed by atoms with E-state index in [-0.39, 0.29) is 6.61 Å². The summed E-state index contributed by atoms with van der Waals surface area (Å²) < 4.78 is 0. The van der Waals surface area contributed by atoms with Crippen LogP contribution >= 0.6 is 0 Å². The Labute approximate surface area is 175 Å². The summed E-state index contributed by atoms with van der Waals surface area (Å²) in [6, 6.07) is 0. The number of carboxylic acid groups (broad SMARTS) is 1. The number of carboxylic acids is 1. The van der Waals surface area contributed by atoms with E-state index in [1.54, 1.807) is 0 Å². The van der Waals surface area contributed by atoms with Crippen molar-refractivity contribution in [3.8, 4) is 0 Å². The molecule has 0 rings (SSSR count). The van der Waals surface area contributed by atoms with Gasteiger partial charge in [-0.05, 0) is 27.4 Å². The zero-order valence-corrected chi connectivity index (χ0v) is 19.3. The SMILES string of the molecule is CC(O)CO.CCCCCCCCCCCCCCCCCC(=O)O.CNC. The first-order valence-corrected chi connectivity index (χ1v) is 11.5. The van der Waals surface area contributed by atoms with Gasteiger partial charge in [-0.3, -0.25) is 4.79 Å². The summed E-state index contributed by atoms with van der Waals surface area (Å²) in [4.78, 5) is 10.3. The van der Waals surface area contributed by atoms with Gasteiger partial charge in [0.05, 0.1) is 12.7 Å². The van der Waals surface area contributed by atoms with Gasteiger partial charge in [0.15, 0.2) is 0 Å². The molecule has 0 aliphatic rings. The molecule has 28 heavy (non-hydrogen) atoms. The fourth-order valence-electron chi connectivity index (χ4n) is 2.65. The number of unbranched alkanes of at least 4 members (excludes halogenated alkanes) is 14. The van der Waals surface area contributed by atoms with Crippen molar-refractivity contribution in [1.29, 1.82) is 0 Å². The molecule has 0 aromatic carbocycles. The zero-order chi connectivity index (χ0) is 21.9.